The van der Waals surface area contributed by atoms with E-state index in [1.807, 2.05) is 0 Å². The van der Waals surface area contributed by atoms with Crippen LogP contribution in [0.1, 0.15) is 33.6 Å². The molecule has 0 unspecified atom stereocenters. The Hall–Kier alpha value is -0.0900. The summed E-state index contributed by atoms with van der Waals surface area (Å²) in [5.41, 5.74) is 0.212. The molecule has 3 nitrogen and oxygen atoms in total. The fourth-order valence-electron chi connectivity index (χ4n) is 1.95. The van der Waals surface area contributed by atoms with Crippen molar-refractivity contribution in [3.8, 4) is 0 Å². The lowest BCUT2D eigenvalue weighted by molar-refractivity contribution is 0.148. The molecule has 1 fully saturated rings. The molecular formula is C10H21NO2S. The Balaban J connectivity index is 2.71. The molecule has 1 saturated heterocycles. The van der Waals surface area contributed by atoms with E-state index in [1.54, 1.807) is 4.31 Å². The largest absolute Gasteiger partial charge is 0.213 e. The minimum Gasteiger partial charge on any atom is -0.213 e. The summed E-state index contributed by atoms with van der Waals surface area (Å²) in [7, 11) is -2.99. The summed E-state index contributed by atoms with van der Waals surface area (Å²) in [6.07, 6.45) is 3.45. The van der Waals surface area contributed by atoms with E-state index < -0.39 is 10.0 Å². The van der Waals surface area contributed by atoms with Crippen LogP contribution in [0, 0.1) is 11.3 Å². The van der Waals surface area contributed by atoms with Crippen LogP contribution in [0.5, 0.6) is 0 Å². The van der Waals surface area contributed by atoms with E-state index in [0.29, 0.717) is 19.0 Å². The maximum Gasteiger partial charge on any atom is 0.211 e. The van der Waals surface area contributed by atoms with Crippen molar-refractivity contribution >= 4 is 10.0 Å². The van der Waals surface area contributed by atoms with Crippen LogP contribution in [0.15, 0.2) is 0 Å². The fourth-order valence-corrected chi connectivity index (χ4v) is 2.86. The Morgan fingerprint density at radius 2 is 1.86 bits per heavy atom. The molecule has 84 valence electrons. The van der Waals surface area contributed by atoms with Gasteiger partial charge in [0.25, 0.3) is 0 Å². The molecule has 14 heavy (non-hydrogen) atoms. The molecule has 4 heteroatoms. The van der Waals surface area contributed by atoms with Crippen molar-refractivity contribution in [3.63, 3.8) is 0 Å². The lowest BCUT2D eigenvalue weighted by Crippen LogP contribution is -2.43. The quantitative estimate of drug-likeness (QED) is 0.673. The minimum absolute atomic E-state index is 0.212. The zero-order valence-electron chi connectivity index (χ0n) is 9.58. The highest BCUT2D eigenvalue weighted by molar-refractivity contribution is 7.88. The molecule has 1 heterocycles. The highest BCUT2D eigenvalue weighted by Gasteiger charge is 2.32. The molecule has 0 bridgehead atoms. The van der Waals surface area contributed by atoms with E-state index in [0.717, 1.165) is 12.8 Å². The second kappa shape index (κ2) is 3.81. The molecule has 0 spiro atoms. The summed E-state index contributed by atoms with van der Waals surface area (Å²) < 4.78 is 24.4. The van der Waals surface area contributed by atoms with Gasteiger partial charge in [0.2, 0.25) is 10.0 Å². The predicted molar refractivity (Wildman–Crippen MR) is 58.6 cm³/mol. The molecule has 0 saturated carbocycles. The average Bonchev–Trinajstić information content (AvgIpc) is 2.01. The number of piperidine rings is 1. The van der Waals surface area contributed by atoms with E-state index in [2.05, 4.69) is 20.8 Å². The number of nitrogens with zero attached hydrogens (tertiary/aromatic N) is 1. The van der Waals surface area contributed by atoms with Crippen molar-refractivity contribution in [3.05, 3.63) is 0 Å². The smallest absolute Gasteiger partial charge is 0.211 e. The molecule has 0 amide bonds. The van der Waals surface area contributed by atoms with Crippen molar-refractivity contribution in [2.75, 3.05) is 19.3 Å². The maximum atomic E-state index is 11.4. The molecule has 0 N–H and O–H groups in total. The van der Waals surface area contributed by atoms with Gasteiger partial charge in [0.15, 0.2) is 0 Å². The first-order chi connectivity index (χ1) is 6.21. The Bertz CT molecular complexity index is 290. The third-order valence-corrected chi connectivity index (χ3v) is 4.35. The predicted octanol–water partition coefficient (Wildman–Crippen LogP) is 1.70. The van der Waals surface area contributed by atoms with Crippen molar-refractivity contribution in [1.29, 1.82) is 0 Å². The molecule has 1 aliphatic heterocycles. The minimum atomic E-state index is -2.99. The zero-order valence-corrected chi connectivity index (χ0v) is 10.4. The van der Waals surface area contributed by atoms with Gasteiger partial charge in [0, 0.05) is 13.1 Å². The molecule has 1 atom stereocenters. The zero-order chi connectivity index (χ0) is 11.0. The lowest BCUT2D eigenvalue weighted by Gasteiger charge is -2.38. The van der Waals surface area contributed by atoms with Gasteiger partial charge < -0.3 is 0 Å². The lowest BCUT2D eigenvalue weighted by atomic mass is 9.77. The van der Waals surface area contributed by atoms with Gasteiger partial charge in [-0.3, -0.25) is 0 Å². The number of hydrogen-bond donors (Lipinski definition) is 0. The van der Waals surface area contributed by atoms with Crippen molar-refractivity contribution in [2.45, 2.75) is 33.6 Å². The molecular weight excluding hydrogens is 198 g/mol. The van der Waals surface area contributed by atoms with Gasteiger partial charge in [-0.05, 0) is 24.2 Å². The van der Waals surface area contributed by atoms with Crippen LogP contribution in [0.25, 0.3) is 0 Å². The molecule has 0 aliphatic carbocycles. The molecule has 0 aromatic carbocycles. The van der Waals surface area contributed by atoms with Crippen molar-refractivity contribution in [1.82, 2.24) is 4.31 Å². The van der Waals surface area contributed by atoms with Gasteiger partial charge in [0.1, 0.15) is 0 Å². The van der Waals surface area contributed by atoms with E-state index in [1.165, 1.54) is 6.26 Å². The van der Waals surface area contributed by atoms with Crippen LogP contribution < -0.4 is 0 Å². The van der Waals surface area contributed by atoms with Crippen LogP contribution in [0.2, 0.25) is 0 Å². The van der Waals surface area contributed by atoms with Gasteiger partial charge in [-0.25, -0.2) is 12.7 Å². The number of hydrogen-bond acceptors (Lipinski definition) is 2. The van der Waals surface area contributed by atoms with Crippen LogP contribution in [0.3, 0.4) is 0 Å². The van der Waals surface area contributed by atoms with E-state index in [-0.39, 0.29) is 5.41 Å². The monoisotopic (exact) mass is 219 g/mol. The molecule has 0 aromatic rings. The van der Waals surface area contributed by atoms with Crippen LogP contribution in [-0.4, -0.2) is 32.1 Å². The van der Waals surface area contributed by atoms with Crippen LogP contribution >= 0.6 is 0 Å². The van der Waals surface area contributed by atoms with Gasteiger partial charge in [0.05, 0.1) is 6.26 Å². The Morgan fingerprint density at radius 3 is 2.29 bits per heavy atom. The molecule has 0 radical (unpaired) electrons. The first-order valence-corrected chi connectivity index (χ1v) is 7.01. The second-order valence-corrected chi connectivity index (χ2v) is 7.31. The normalized spacial score (nSPS) is 26.4. The topological polar surface area (TPSA) is 37.4 Å². The SMILES string of the molecule is CC(C)(C)[C@H]1CCCN(S(C)(=O)=O)C1. The summed E-state index contributed by atoms with van der Waals surface area (Å²) >= 11 is 0. The summed E-state index contributed by atoms with van der Waals surface area (Å²) in [5.74, 6) is 0.492. The Labute approximate surface area is 87.5 Å². The van der Waals surface area contributed by atoms with Crippen LogP contribution in [-0.2, 0) is 10.0 Å². The Kier molecular flexibility index (Phi) is 3.26. The van der Waals surface area contributed by atoms with Gasteiger partial charge in [-0.15, -0.1) is 0 Å². The van der Waals surface area contributed by atoms with Gasteiger partial charge >= 0.3 is 0 Å². The third kappa shape index (κ3) is 2.95. The maximum absolute atomic E-state index is 11.4. The van der Waals surface area contributed by atoms with Crippen LogP contribution in [0.4, 0.5) is 0 Å². The average molecular weight is 219 g/mol. The van der Waals surface area contributed by atoms with E-state index >= 15 is 0 Å². The van der Waals surface area contributed by atoms with E-state index in [9.17, 15) is 8.42 Å². The van der Waals surface area contributed by atoms with Gasteiger partial charge in [-0.1, -0.05) is 20.8 Å². The highest BCUT2D eigenvalue weighted by Crippen LogP contribution is 2.33. The second-order valence-electron chi connectivity index (χ2n) is 5.33. The molecule has 1 aliphatic rings. The summed E-state index contributed by atoms with van der Waals surface area (Å²) in [4.78, 5) is 0. The van der Waals surface area contributed by atoms with E-state index in [4.69, 9.17) is 0 Å². The summed E-state index contributed by atoms with van der Waals surface area (Å²) in [5, 5.41) is 0. The third-order valence-electron chi connectivity index (χ3n) is 3.08. The van der Waals surface area contributed by atoms with Crippen molar-refractivity contribution in [2.24, 2.45) is 11.3 Å². The first-order valence-electron chi connectivity index (χ1n) is 5.16. The van der Waals surface area contributed by atoms with Crippen molar-refractivity contribution < 1.29 is 8.42 Å². The van der Waals surface area contributed by atoms with Gasteiger partial charge in [-0.2, -0.15) is 0 Å². The first kappa shape index (κ1) is 12.0. The number of sulfonamides is 1. The standard InChI is InChI=1S/C10H21NO2S/c1-10(2,3)9-6-5-7-11(8-9)14(4,12)13/h9H,5-8H2,1-4H3/t9-/m0/s1. The molecule has 0 aromatic heterocycles. The Morgan fingerprint density at radius 1 is 1.29 bits per heavy atom. The summed E-state index contributed by atoms with van der Waals surface area (Å²) in [6, 6.07) is 0. The fraction of sp³-hybridized carbons (Fsp3) is 1.00. The summed E-state index contributed by atoms with van der Waals surface area (Å²) in [6.45, 7) is 7.95. The highest BCUT2D eigenvalue weighted by atomic mass is 32.2. The number of rotatable bonds is 1. The molecule has 1 rings (SSSR count).